The molecule has 1 saturated heterocycles. The predicted octanol–water partition coefficient (Wildman–Crippen LogP) is 0.658. The second-order valence-corrected chi connectivity index (χ2v) is 8.04. The van der Waals surface area contributed by atoms with Crippen LogP contribution in [0.4, 0.5) is 0 Å². The Morgan fingerprint density at radius 1 is 1.08 bits per heavy atom. The molecule has 0 N–H and O–H groups in total. The summed E-state index contributed by atoms with van der Waals surface area (Å²) in [5.74, 6) is 0.837. The zero-order valence-corrected chi connectivity index (χ0v) is 15.9. The summed E-state index contributed by atoms with van der Waals surface area (Å²) in [5.41, 5.74) is 0.408. The molecule has 0 saturated carbocycles. The Labute approximate surface area is 149 Å². The Morgan fingerprint density at radius 3 is 2.40 bits per heavy atom. The fourth-order valence-corrected chi connectivity index (χ4v) is 3.84. The zero-order valence-electron chi connectivity index (χ0n) is 15.1. The molecule has 0 aliphatic carbocycles. The zero-order chi connectivity index (χ0) is 18.6. The van der Waals surface area contributed by atoms with E-state index in [4.69, 9.17) is 9.47 Å². The number of hydrogen-bond donors (Lipinski definition) is 0. The maximum absolute atomic E-state index is 12.9. The molecule has 1 amide bonds. The lowest BCUT2D eigenvalue weighted by molar-refractivity contribution is 0.0760. The number of amides is 1. The van der Waals surface area contributed by atoms with Crippen molar-refractivity contribution in [1.82, 2.24) is 13.5 Å². The highest BCUT2D eigenvalue weighted by Gasteiger charge is 2.29. The molecule has 1 aliphatic heterocycles. The minimum absolute atomic E-state index is 0.195. The SMILES string of the molecule is COc1ccc(OC)c(C(=O)N2CCCN(S(=O)(=O)N(C)C)CC2)c1. The molecular weight excluding hydrogens is 346 g/mol. The Morgan fingerprint density at radius 2 is 1.80 bits per heavy atom. The van der Waals surface area contributed by atoms with Gasteiger partial charge in [0.05, 0.1) is 19.8 Å². The van der Waals surface area contributed by atoms with Crippen molar-refractivity contribution in [3.63, 3.8) is 0 Å². The summed E-state index contributed by atoms with van der Waals surface area (Å²) >= 11 is 0. The lowest BCUT2D eigenvalue weighted by atomic mass is 10.1. The van der Waals surface area contributed by atoms with Crippen LogP contribution in [0.2, 0.25) is 0 Å². The first kappa shape index (κ1) is 19.5. The molecule has 1 heterocycles. The second kappa shape index (κ2) is 8.03. The topological polar surface area (TPSA) is 79.4 Å². The van der Waals surface area contributed by atoms with Crippen LogP contribution in [-0.4, -0.2) is 82.3 Å². The molecule has 140 valence electrons. The summed E-state index contributed by atoms with van der Waals surface area (Å²) in [6, 6.07) is 5.05. The van der Waals surface area contributed by atoms with Crippen LogP contribution in [0.5, 0.6) is 11.5 Å². The highest BCUT2D eigenvalue weighted by Crippen LogP contribution is 2.26. The summed E-state index contributed by atoms with van der Waals surface area (Å²) < 4.78 is 37.6. The molecule has 0 radical (unpaired) electrons. The van der Waals surface area contributed by atoms with Crippen molar-refractivity contribution < 1.29 is 22.7 Å². The minimum Gasteiger partial charge on any atom is -0.497 e. The van der Waals surface area contributed by atoms with E-state index >= 15 is 0 Å². The van der Waals surface area contributed by atoms with E-state index in [9.17, 15) is 13.2 Å². The molecule has 0 spiro atoms. The fraction of sp³-hybridized carbons (Fsp3) is 0.562. The van der Waals surface area contributed by atoms with Crippen LogP contribution < -0.4 is 9.47 Å². The quantitative estimate of drug-likeness (QED) is 0.760. The molecule has 1 aromatic rings. The number of benzene rings is 1. The maximum Gasteiger partial charge on any atom is 0.281 e. The summed E-state index contributed by atoms with van der Waals surface area (Å²) in [7, 11) is 2.57. The normalized spacial score (nSPS) is 16.6. The predicted molar refractivity (Wildman–Crippen MR) is 94.2 cm³/mol. The van der Waals surface area contributed by atoms with Crippen molar-refractivity contribution in [2.24, 2.45) is 0 Å². The maximum atomic E-state index is 12.9. The number of rotatable bonds is 5. The van der Waals surface area contributed by atoms with E-state index in [1.54, 1.807) is 23.1 Å². The van der Waals surface area contributed by atoms with Gasteiger partial charge in [0.15, 0.2) is 0 Å². The van der Waals surface area contributed by atoms with Gasteiger partial charge in [-0.1, -0.05) is 0 Å². The molecule has 8 nitrogen and oxygen atoms in total. The van der Waals surface area contributed by atoms with Crippen LogP contribution >= 0.6 is 0 Å². The van der Waals surface area contributed by atoms with E-state index in [1.807, 2.05) is 0 Å². The minimum atomic E-state index is -3.48. The number of ether oxygens (including phenoxy) is 2. The van der Waals surface area contributed by atoms with Crippen LogP contribution in [0.1, 0.15) is 16.8 Å². The molecule has 0 aromatic heterocycles. The first-order valence-corrected chi connectivity index (χ1v) is 9.40. The van der Waals surface area contributed by atoms with Gasteiger partial charge in [-0.3, -0.25) is 4.79 Å². The van der Waals surface area contributed by atoms with Crippen molar-refractivity contribution in [3.8, 4) is 11.5 Å². The largest absolute Gasteiger partial charge is 0.497 e. The Hall–Kier alpha value is -1.84. The average Bonchev–Trinajstić information content (AvgIpc) is 2.87. The highest BCUT2D eigenvalue weighted by atomic mass is 32.2. The standard InChI is InChI=1S/C16H25N3O5S/c1-17(2)25(21,22)19-9-5-8-18(10-11-19)16(20)14-12-13(23-3)6-7-15(14)24-4/h6-7,12H,5,8-11H2,1-4H3. The number of nitrogens with zero attached hydrogens (tertiary/aromatic N) is 3. The highest BCUT2D eigenvalue weighted by molar-refractivity contribution is 7.86. The molecule has 1 aliphatic rings. The first-order valence-electron chi connectivity index (χ1n) is 8.00. The Bertz CT molecular complexity index is 720. The molecule has 25 heavy (non-hydrogen) atoms. The Balaban J connectivity index is 2.19. The number of carbonyl (C=O) groups excluding carboxylic acids is 1. The van der Waals surface area contributed by atoms with E-state index in [1.165, 1.54) is 36.9 Å². The van der Waals surface area contributed by atoms with E-state index in [0.29, 0.717) is 43.1 Å². The lowest BCUT2D eigenvalue weighted by Crippen LogP contribution is -2.42. The van der Waals surface area contributed by atoms with Gasteiger partial charge in [0, 0.05) is 40.3 Å². The summed E-state index contributed by atoms with van der Waals surface area (Å²) in [6.45, 7) is 1.46. The van der Waals surface area contributed by atoms with E-state index in [2.05, 4.69) is 0 Å². The Kier molecular flexibility index (Phi) is 6.26. The molecule has 1 aromatic carbocycles. The van der Waals surface area contributed by atoms with Gasteiger partial charge in [-0.25, -0.2) is 0 Å². The second-order valence-electron chi connectivity index (χ2n) is 5.90. The third-order valence-electron chi connectivity index (χ3n) is 4.17. The van der Waals surface area contributed by atoms with Gasteiger partial charge in [-0.2, -0.15) is 17.0 Å². The van der Waals surface area contributed by atoms with E-state index in [-0.39, 0.29) is 12.5 Å². The van der Waals surface area contributed by atoms with Crippen LogP contribution in [0.3, 0.4) is 0 Å². The van der Waals surface area contributed by atoms with Gasteiger partial charge in [0.1, 0.15) is 11.5 Å². The number of carbonyl (C=O) groups is 1. The van der Waals surface area contributed by atoms with Gasteiger partial charge < -0.3 is 14.4 Å². The molecule has 1 fully saturated rings. The number of hydrogen-bond acceptors (Lipinski definition) is 5. The van der Waals surface area contributed by atoms with Gasteiger partial charge in [-0.05, 0) is 24.6 Å². The van der Waals surface area contributed by atoms with E-state index < -0.39 is 10.2 Å². The van der Waals surface area contributed by atoms with Crippen molar-refractivity contribution in [2.45, 2.75) is 6.42 Å². The fourth-order valence-electron chi connectivity index (χ4n) is 2.71. The summed E-state index contributed by atoms with van der Waals surface area (Å²) in [6.07, 6.45) is 0.574. The smallest absolute Gasteiger partial charge is 0.281 e. The van der Waals surface area contributed by atoms with Crippen molar-refractivity contribution >= 4 is 16.1 Å². The monoisotopic (exact) mass is 371 g/mol. The lowest BCUT2D eigenvalue weighted by Gasteiger charge is -2.24. The van der Waals surface area contributed by atoms with Gasteiger partial charge in [0.2, 0.25) is 0 Å². The summed E-state index contributed by atoms with van der Waals surface area (Å²) in [5, 5.41) is 0. The molecule has 0 unspecified atom stereocenters. The molecule has 0 bridgehead atoms. The molecular formula is C16H25N3O5S. The third kappa shape index (κ3) is 4.23. The molecule has 2 rings (SSSR count). The van der Waals surface area contributed by atoms with Crippen molar-refractivity contribution in [2.75, 3.05) is 54.5 Å². The van der Waals surface area contributed by atoms with Gasteiger partial charge in [-0.15, -0.1) is 0 Å². The molecule has 0 atom stereocenters. The van der Waals surface area contributed by atoms with Crippen molar-refractivity contribution in [1.29, 1.82) is 0 Å². The van der Waals surface area contributed by atoms with Crippen molar-refractivity contribution in [3.05, 3.63) is 23.8 Å². The number of methoxy groups -OCH3 is 2. The summed E-state index contributed by atoms with van der Waals surface area (Å²) in [4.78, 5) is 14.6. The first-order chi connectivity index (χ1) is 11.8. The van der Waals surface area contributed by atoms with Gasteiger partial charge in [0.25, 0.3) is 16.1 Å². The third-order valence-corrected chi connectivity index (χ3v) is 6.11. The van der Waals surface area contributed by atoms with Gasteiger partial charge >= 0.3 is 0 Å². The average molecular weight is 371 g/mol. The van der Waals surface area contributed by atoms with Crippen LogP contribution in [0.15, 0.2) is 18.2 Å². The van der Waals surface area contributed by atoms with Crippen LogP contribution in [0.25, 0.3) is 0 Å². The van der Waals surface area contributed by atoms with Crippen LogP contribution in [0, 0.1) is 0 Å². The van der Waals surface area contributed by atoms with Crippen LogP contribution in [-0.2, 0) is 10.2 Å². The molecule has 9 heteroatoms. The van der Waals surface area contributed by atoms with E-state index in [0.717, 1.165) is 0 Å².